The van der Waals surface area contributed by atoms with Crippen molar-refractivity contribution in [1.82, 2.24) is 10.0 Å². The smallest absolute Gasteiger partial charge is 0.203 e. The SMILES string of the molecule is COc1cc([C@@H]2C(C#N)=C(N)N(N3CCOCC3)C3=C2C(=O)CCC3)cc(OC)c1OC. The molecule has 0 aromatic heterocycles. The van der Waals surface area contributed by atoms with Gasteiger partial charge in [-0.2, -0.15) is 5.26 Å². The Kier molecular flexibility index (Phi) is 6.26. The van der Waals surface area contributed by atoms with Gasteiger partial charge in [-0.15, -0.1) is 0 Å². The number of carbonyl (C=O) groups is 1. The van der Waals surface area contributed by atoms with E-state index in [1.807, 2.05) is 5.01 Å². The Morgan fingerprint density at radius 3 is 2.31 bits per heavy atom. The molecule has 0 radical (unpaired) electrons. The number of nitriles is 1. The fourth-order valence-corrected chi connectivity index (χ4v) is 4.75. The summed E-state index contributed by atoms with van der Waals surface area (Å²) in [5.74, 6) is 1.14. The van der Waals surface area contributed by atoms with Gasteiger partial charge < -0.3 is 24.7 Å². The van der Waals surface area contributed by atoms with Crippen molar-refractivity contribution in [2.45, 2.75) is 25.2 Å². The predicted octanol–water partition coefficient (Wildman–Crippen LogP) is 2.06. The Morgan fingerprint density at radius 2 is 1.75 bits per heavy atom. The fourth-order valence-electron chi connectivity index (χ4n) is 4.75. The van der Waals surface area contributed by atoms with Crippen molar-refractivity contribution in [2.24, 2.45) is 5.73 Å². The van der Waals surface area contributed by atoms with Crippen molar-refractivity contribution in [2.75, 3.05) is 47.6 Å². The molecule has 32 heavy (non-hydrogen) atoms. The lowest BCUT2D eigenvalue weighted by Gasteiger charge is -2.45. The van der Waals surface area contributed by atoms with E-state index in [2.05, 4.69) is 11.1 Å². The average Bonchev–Trinajstić information content (AvgIpc) is 2.83. The second-order valence-electron chi connectivity index (χ2n) is 7.82. The van der Waals surface area contributed by atoms with Gasteiger partial charge in [-0.25, -0.2) is 5.01 Å². The number of carbonyl (C=O) groups excluding carboxylic acids is 1. The van der Waals surface area contributed by atoms with Gasteiger partial charge in [-0.05, 0) is 30.5 Å². The summed E-state index contributed by atoms with van der Waals surface area (Å²) in [5, 5.41) is 14.1. The first-order valence-corrected chi connectivity index (χ1v) is 10.6. The quantitative estimate of drug-likeness (QED) is 0.735. The minimum atomic E-state index is -0.603. The van der Waals surface area contributed by atoms with E-state index >= 15 is 0 Å². The van der Waals surface area contributed by atoms with Gasteiger partial charge in [0.15, 0.2) is 17.3 Å². The lowest BCUT2D eigenvalue weighted by atomic mass is 9.76. The van der Waals surface area contributed by atoms with Gasteiger partial charge in [0.25, 0.3) is 0 Å². The van der Waals surface area contributed by atoms with Gasteiger partial charge >= 0.3 is 0 Å². The zero-order valence-electron chi connectivity index (χ0n) is 18.6. The van der Waals surface area contributed by atoms with E-state index in [0.717, 1.165) is 12.1 Å². The Morgan fingerprint density at radius 1 is 1.09 bits per heavy atom. The molecule has 1 atom stereocenters. The summed E-state index contributed by atoms with van der Waals surface area (Å²) in [5.41, 5.74) is 9.11. The zero-order chi connectivity index (χ0) is 22.8. The van der Waals surface area contributed by atoms with Crippen LogP contribution in [0.4, 0.5) is 0 Å². The zero-order valence-corrected chi connectivity index (χ0v) is 18.6. The van der Waals surface area contributed by atoms with Crippen molar-refractivity contribution in [1.29, 1.82) is 5.26 Å². The van der Waals surface area contributed by atoms with E-state index in [1.165, 1.54) is 21.3 Å². The lowest BCUT2D eigenvalue weighted by molar-refractivity contribution is -0.117. The third kappa shape index (κ3) is 3.55. The molecule has 3 aliphatic rings. The standard InChI is InChI=1S/C23H28N4O5/c1-29-18-11-14(12-19(30-2)22(18)31-3)20-15(13-24)23(25)27(26-7-9-32-10-8-26)16-5-4-6-17(28)21(16)20/h11-12,20H,4-10,25H2,1-3H3/t20-/m1/s1. The van der Waals surface area contributed by atoms with E-state index in [9.17, 15) is 10.1 Å². The van der Waals surface area contributed by atoms with Crippen LogP contribution in [-0.4, -0.2) is 63.4 Å². The van der Waals surface area contributed by atoms with Crippen molar-refractivity contribution in [3.8, 4) is 23.3 Å². The van der Waals surface area contributed by atoms with Crippen molar-refractivity contribution in [3.05, 3.63) is 40.4 Å². The molecule has 2 heterocycles. The van der Waals surface area contributed by atoms with Crippen LogP contribution in [0.2, 0.25) is 0 Å². The monoisotopic (exact) mass is 440 g/mol. The summed E-state index contributed by atoms with van der Waals surface area (Å²) < 4.78 is 22.0. The second-order valence-corrected chi connectivity index (χ2v) is 7.82. The number of allylic oxidation sites excluding steroid dienone is 3. The summed E-state index contributed by atoms with van der Waals surface area (Å²) in [6, 6.07) is 5.85. The Bertz CT molecular complexity index is 995. The number of nitrogens with zero attached hydrogens (tertiary/aromatic N) is 3. The van der Waals surface area contributed by atoms with Crippen LogP contribution < -0.4 is 19.9 Å². The molecule has 2 N–H and O–H groups in total. The van der Waals surface area contributed by atoms with E-state index in [0.29, 0.717) is 78.9 Å². The Labute approximate surface area is 187 Å². The summed E-state index contributed by atoms with van der Waals surface area (Å²) in [7, 11) is 4.60. The first kappa shape index (κ1) is 22.0. The molecule has 170 valence electrons. The predicted molar refractivity (Wildman–Crippen MR) is 116 cm³/mol. The van der Waals surface area contributed by atoms with Crippen LogP contribution >= 0.6 is 0 Å². The van der Waals surface area contributed by atoms with Crippen LogP contribution in [0.5, 0.6) is 17.2 Å². The molecule has 0 bridgehead atoms. The maximum atomic E-state index is 13.3. The largest absolute Gasteiger partial charge is 0.493 e. The number of nitrogens with two attached hydrogens (primary N) is 1. The Balaban J connectivity index is 1.92. The van der Waals surface area contributed by atoms with Crippen LogP contribution in [0.1, 0.15) is 30.7 Å². The third-order valence-electron chi connectivity index (χ3n) is 6.18. The maximum Gasteiger partial charge on any atom is 0.203 e. The molecule has 1 aromatic carbocycles. The molecule has 1 aliphatic carbocycles. The number of benzene rings is 1. The molecule has 1 saturated heterocycles. The fraction of sp³-hybridized carbons (Fsp3) is 0.478. The molecule has 0 amide bonds. The normalized spacial score (nSPS) is 21.9. The van der Waals surface area contributed by atoms with Gasteiger partial charge in [-0.1, -0.05) is 0 Å². The van der Waals surface area contributed by atoms with Gasteiger partial charge in [0, 0.05) is 30.8 Å². The number of ketones is 1. The lowest BCUT2D eigenvalue weighted by Crippen LogP contribution is -2.52. The highest BCUT2D eigenvalue weighted by Crippen LogP contribution is 2.48. The summed E-state index contributed by atoms with van der Waals surface area (Å²) in [4.78, 5) is 13.3. The van der Waals surface area contributed by atoms with Crippen LogP contribution in [0.3, 0.4) is 0 Å². The summed E-state index contributed by atoms with van der Waals surface area (Å²) in [6.45, 7) is 2.41. The van der Waals surface area contributed by atoms with Crippen LogP contribution in [0.15, 0.2) is 34.8 Å². The number of ether oxygens (including phenoxy) is 4. The molecule has 9 heteroatoms. The molecule has 4 rings (SSSR count). The number of methoxy groups -OCH3 is 3. The third-order valence-corrected chi connectivity index (χ3v) is 6.18. The Hall–Kier alpha value is -3.22. The molecule has 1 aromatic rings. The van der Waals surface area contributed by atoms with Crippen LogP contribution in [-0.2, 0) is 9.53 Å². The number of hydrazine groups is 1. The highest BCUT2D eigenvalue weighted by molar-refractivity contribution is 5.99. The number of Topliss-reactive ketones (excluding diaryl/α,β-unsaturated/α-hetero) is 1. The molecule has 0 spiro atoms. The number of hydrogen-bond acceptors (Lipinski definition) is 9. The first-order valence-electron chi connectivity index (χ1n) is 10.6. The molecular weight excluding hydrogens is 412 g/mol. The molecule has 9 nitrogen and oxygen atoms in total. The highest BCUT2D eigenvalue weighted by atomic mass is 16.5. The maximum absolute atomic E-state index is 13.3. The number of morpholine rings is 1. The first-order chi connectivity index (χ1) is 15.5. The molecule has 1 fully saturated rings. The van der Waals surface area contributed by atoms with E-state index in [1.54, 1.807) is 12.1 Å². The highest BCUT2D eigenvalue weighted by Gasteiger charge is 2.42. The number of rotatable bonds is 5. The summed E-state index contributed by atoms with van der Waals surface area (Å²) in [6.07, 6.45) is 1.89. The molecule has 0 unspecified atom stereocenters. The average molecular weight is 441 g/mol. The second kappa shape index (κ2) is 9.10. The molecule has 0 saturated carbocycles. The number of hydrogen-bond donors (Lipinski definition) is 1. The van der Waals surface area contributed by atoms with Gasteiger partial charge in [0.1, 0.15) is 5.82 Å². The van der Waals surface area contributed by atoms with E-state index in [-0.39, 0.29) is 5.78 Å². The van der Waals surface area contributed by atoms with Crippen LogP contribution in [0.25, 0.3) is 0 Å². The molecular formula is C23H28N4O5. The van der Waals surface area contributed by atoms with E-state index < -0.39 is 5.92 Å². The van der Waals surface area contributed by atoms with E-state index in [4.69, 9.17) is 24.7 Å². The van der Waals surface area contributed by atoms with Crippen molar-refractivity contribution < 1.29 is 23.7 Å². The van der Waals surface area contributed by atoms with Crippen molar-refractivity contribution in [3.63, 3.8) is 0 Å². The van der Waals surface area contributed by atoms with Gasteiger partial charge in [0.2, 0.25) is 5.75 Å². The topological polar surface area (TPSA) is 110 Å². The van der Waals surface area contributed by atoms with Crippen molar-refractivity contribution >= 4 is 5.78 Å². The minimum Gasteiger partial charge on any atom is -0.493 e. The minimum absolute atomic E-state index is 0.0310. The molecule has 2 aliphatic heterocycles. The van der Waals surface area contributed by atoms with Gasteiger partial charge in [-0.3, -0.25) is 9.80 Å². The summed E-state index contributed by atoms with van der Waals surface area (Å²) >= 11 is 0. The van der Waals surface area contributed by atoms with Crippen LogP contribution in [0, 0.1) is 11.3 Å². The van der Waals surface area contributed by atoms with Gasteiger partial charge in [0.05, 0.1) is 52.1 Å².